The fraction of sp³-hybridized carbons (Fsp3) is 0.500. The molecule has 0 bridgehead atoms. The van der Waals surface area contributed by atoms with Crippen molar-refractivity contribution in [2.75, 3.05) is 0 Å². The van der Waals surface area contributed by atoms with Crippen LogP contribution in [0.3, 0.4) is 0 Å². The predicted octanol–water partition coefficient (Wildman–Crippen LogP) is 1.28. The first-order chi connectivity index (χ1) is 5.25. The van der Waals surface area contributed by atoms with E-state index < -0.39 is 0 Å². The predicted molar refractivity (Wildman–Crippen MR) is 42.2 cm³/mol. The number of nitrogens with zero attached hydrogens (tertiary/aromatic N) is 2. The number of carbonyl (C=O) groups is 1. The summed E-state index contributed by atoms with van der Waals surface area (Å²) in [7, 11) is 0. The fourth-order valence-corrected chi connectivity index (χ4v) is 0.982. The van der Waals surface area contributed by atoms with Crippen LogP contribution in [-0.2, 0) is 4.79 Å². The molecule has 1 aromatic rings. The number of aromatic nitrogens is 2. The summed E-state index contributed by atoms with van der Waals surface area (Å²) in [5.74, 6) is 0.299. The van der Waals surface area contributed by atoms with E-state index in [0.717, 1.165) is 6.29 Å². The van der Waals surface area contributed by atoms with Gasteiger partial charge in [0, 0.05) is 12.4 Å². The minimum absolute atomic E-state index is 0.120. The van der Waals surface area contributed by atoms with Gasteiger partial charge in [-0.3, -0.25) is 4.68 Å². The van der Waals surface area contributed by atoms with Gasteiger partial charge in [-0.25, -0.2) is 0 Å². The molecule has 1 unspecified atom stereocenters. The van der Waals surface area contributed by atoms with Crippen LogP contribution < -0.4 is 0 Å². The molecule has 1 aromatic heterocycles. The molecule has 0 aliphatic carbocycles. The molecule has 0 spiro atoms. The lowest BCUT2D eigenvalue weighted by molar-refractivity contribution is -0.111. The third-order valence-electron chi connectivity index (χ3n) is 1.65. The maximum Gasteiger partial charge on any atom is 0.144 e. The van der Waals surface area contributed by atoms with E-state index in [0.29, 0.717) is 5.92 Å². The molecule has 0 N–H and O–H groups in total. The zero-order chi connectivity index (χ0) is 8.27. The largest absolute Gasteiger partial charge is 0.301 e. The van der Waals surface area contributed by atoms with Crippen LogP contribution in [0, 0.1) is 5.92 Å². The van der Waals surface area contributed by atoms with Crippen molar-refractivity contribution in [3.63, 3.8) is 0 Å². The molecule has 11 heavy (non-hydrogen) atoms. The van der Waals surface area contributed by atoms with Crippen LogP contribution in [-0.4, -0.2) is 16.1 Å². The van der Waals surface area contributed by atoms with Gasteiger partial charge in [-0.1, -0.05) is 13.8 Å². The molecule has 0 aliphatic rings. The molecule has 0 amide bonds. The molecular weight excluding hydrogens is 140 g/mol. The summed E-state index contributed by atoms with van der Waals surface area (Å²) in [6.07, 6.45) is 4.41. The minimum Gasteiger partial charge on any atom is -0.301 e. The van der Waals surface area contributed by atoms with Gasteiger partial charge in [0.2, 0.25) is 0 Å². The summed E-state index contributed by atoms with van der Waals surface area (Å²) in [6, 6.07) is 1.70. The van der Waals surface area contributed by atoms with Crippen LogP contribution in [0.4, 0.5) is 0 Å². The average Bonchev–Trinajstić information content (AvgIpc) is 2.40. The summed E-state index contributed by atoms with van der Waals surface area (Å²) < 4.78 is 1.68. The van der Waals surface area contributed by atoms with Crippen LogP contribution in [0.1, 0.15) is 19.9 Å². The standard InChI is InChI=1S/C8H12N2O/c1-7(2)8(6-11)10-5-3-4-9-10/h3-8H,1-2H3. The SMILES string of the molecule is CC(C)C(C=O)n1cccn1. The second-order valence-electron chi connectivity index (χ2n) is 2.86. The first-order valence-electron chi connectivity index (χ1n) is 3.70. The van der Waals surface area contributed by atoms with Crippen LogP contribution in [0.25, 0.3) is 0 Å². The molecule has 0 saturated heterocycles. The number of rotatable bonds is 3. The summed E-state index contributed by atoms with van der Waals surface area (Å²) in [4.78, 5) is 10.6. The molecule has 0 radical (unpaired) electrons. The van der Waals surface area contributed by atoms with Gasteiger partial charge in [0.05, 0.1) is 0 Å². The van der Waals surface area contributed by atoms with Crippen molar-refractivity contribution in [3.8, 4) is 0 Å². The van der Waals surface area contributed by atoms with Crippen molar-refractivity contribution in [2.24, 2.45) is 5.92 Å². The molecule has 3 nitrogen and oxygen atoms in total. The van der Waals surface area contributed by atoms with Gasteiger partial charge in [-0.2, -0.15) is 5.10 Å². The summed E-state index contributed by atoms with van der Waals surface area (Å²) in [5.41, 5.74) is 0. The Kier molecular flexibility index (Phi) is 2.41. The number of hydrogen-bond donors (Lipinski definition) is 0. The van der Waals surface area contributed by atoms with Gasteiger partial charge in [-0.15, -0.1) is 0 Å². The van der Waals surface area contributed by atoms with Gasteiger partial charge < -0.3 is 4.79 Å². The highest BCUT2D eigenvalue weighted by Gasteiger charge is 2.13. The summed E-state index contributed by atoms with van der Waals surface area (Å²) >= 11 is 0. The summed E-state index contributed by atoms with van der Waals surface area (Å²) in [6.45, 7) is 4.00. The maximum absolute atomic E-state index is 10.6. The van der Waals surface area contributed by atoms with Gasteiger partial charge >= 0.3 is 0 Å². The molecule has 0 aliphatic heterocycles. The van der Waals surface area contributed by atoms with Crippen LogP contribution >= 0.6 is 0 Å². The molecule has 1 atom stereocenters. The van der Waals surface area contributed by atoms with E-state index in [9.17, 15) is 4.79 Å². The van der Waals surface area contributed by atoms with Crippen LogP contribution in [0.2, 0.25) is 0 Å². The minimum atomic E-state index is -0.120. The van der Waals surface area contributed by atoms with Gasteiger partial charge in [0.25, 0.3) is 0 Å². The Bertz CT molecular complexity index is 216. The van der Waals surface area contributed by atoms with E-state index >= 15 is 0 Å². The van der Waals surface area contributed by atoms with E-state index in [2.05, 4.69) is 5.10 Å². The Morgan fingerprint density at radius 1 is 1.55 bits per heavy atom. The normalized spacial score (nSPS) is 13.4. The van der Waals surface area contributed by atoms with Crippen LogP contribution in [0.15, 0.2) is 18.5 Å². The van der Waals surface area contributed by atoms with Crippen molar-refractivity contribution in [2.45, 2.75) is 19.9 Å². The second kappa shape index (κ2) is 3.32. The Morgan fingerprint density at radius 2 is 2.27 bits per heavy atom. The lowest BCUT2D eigenvalue weighted by atomic mass is 10.1. The Hall–Kier alpha value is -1.12. The van der Waals surface area contributed by atoms with E-state index in [1.807, 2.05) is 19.9 Å². The second-order valence-corrected chi connectivity index (χ2v) is 2.86. The lowest BCUT2D eigenvalue weighted by Gasteiger charge is -2.13. The maximum atomic E-state index is 10.6. The quantitative estimate of drug-likeness (QED) is 0.611. The molecule has 0 saturated carbocycles. The van der Waals surface area contributed by atoms with E-state index in [1.54, 1.807) is 17.1 Å². The zero-order valence-electron chi connectivity index (χ0n) is 6.77. The highest BCUT2D eigenvalue weighted by atomic mass is 16.1. The van der Waals surface area contributed by atoms with Gasteiger partial charge in [0.15, 0.2) is 0 Å². The summed E-state index contributed by atoms with van der Waals surface area (Å²) in [5, 5.41) is 3.99. The Labute approximate surface area is 66.0 Å². The smallest absolute Gasteiger partial charge is 0.144 e. The highest BCUT2D eigenvalue weighted by molar-refractivity contribution is 5.55. The van der Waals surface area contributed by atoms with E-state index in [1.165, 1.54) is 0 Å². The van der Waals surface area contributed by atoms with Crippen molar-refractivity contribution in [1.29, 1.82) is 0 Å². The topological polar surface area (TPSA) is 34.9 Å². The third-order valence-corrected chi connectivity index (χ3v) is 1.65. The third kappa shape index (κ3) is 1.67. The highest BCUT2D eigenvalue weighted by Crippen LogP contribution is 2.12. The molecule has 1 heterocycles. The lowest BCUT2D eigenvalue weighted by Crippen LogP contribution is -2.16. The molecule has 60 valence electrons. The number of aldehydes is 1. The van der Waals surface area contributed by atoms with Crippen molar-refractivity contribution >= 4 is 6.29 Å². The fourth-order valence-electron chi connectivity index (χ4n) is 0.982. The van der Waals surface area contributed by atoms with Gasteiger partial charge in [0.1, 0.15) is 12.3 Å². The van der Waals surface area contributed by atoms with E-state index in [4.69, 9.17) is 0 Å². The zero-order valence-corrected chi connectivity index (χ0v) is 6.77. The van der Waals surface area contributed by atoms with Gasteiger partial charge in [-0.05, 0) is 12.0 Å². The Balaban J connectivity index is 2.79. The molecule has 1 rings (SSSR count). The van der Waals surface area contributed by atoms with Crippen molar-refractivity contribution in [1.82, 2.24) is 9.78 Å². The first kappa shape index (κ1) is 7.98. The molecule has 0 fully saturated rings. The van der Waals surface area contributed by atoms with Crippen molar-refractivity contribution < 1.29 is 4.79 Å². The van der Waals surface area contributed by atoms with Crippen LogP contribution in [0.5, 0.6) is 0 Å². The average molecular weight is 152 g/mol. The first-order valence-corrected chi connectivity index (χ1v) is 3.70. The van der Waals surface area contributed by atoms with Crippen molar-refractivity contribution in [3.05, 3.63) is 18.5 Å². The molecular formula is C8H12N2O. The monoisotopic (exact) mass is 152 g/mol. The molecule has 3 heteroatoms. The molecule has 0 aromatic carbocycles. The van der Waals surface area contributed by atoms with E-state index in [-0.39, 0.29) is 6.04 Å². The Morgan fingerprint density at radius 3 is 2.64 bits per heavy atom. The number of hydrogen-bond acceptors (Lipinski definition) is 2. The number of carbonyl (C=O) groups excluding carboxylic acids is 1.